The van der Waals surface area contributed by atoms with E-state index in [0.29, 0.717) is 16.6 Å². The number of sulfone groups is 1. The summed E-state index contributed by atoms with van der Waals surface area (Å²) in [5.41, 5.74) is 0.770. The standard InChI is InChI=1S/C21H21N3O4S2/c25-19(24(15-6-7-15)16-8-9-30(27,28)12-16)11-23-13-22-20-17(21(23)26)10-18(29-20)14-4-2-1-3-5-14/h1-5,10,13,15-16H,6-9,11-12H2. The van der Waals surface area contributed by atoms with Crippen molar-refractivity contribution in [1.82, 2.24) is 14.5 Å². The average molecular weight is 444 g/mol. The minimum atomic E-state index is -3.09. The molecule has 0 spiro atoms. The molecule has 1 saturated heterocycles. The maximum atomic E-state index is 13.1. The van der Waals surface area contributed by atoms with Crippen molar-refractivity contribution in [2.75, 3.05) is 11.5 Å². The number of hydrogen-bond donors (Lipinski definition) is 0. The number of hydrogen-bond acceptors (Lipinski definition) is 6. The van der Waals surface area contributed by atoms with E-state index in [9.17, 15) is 18.0 Å². The van der Waals surface area contributed by atoms with Gasteiger partial charge in [0.15, 0.2) is 9.84 Å². The van der Waals surface area contributed by atoms with Crippen LogP contribution in [0.4, 0.5) is 0 Å². The third kappa shape index (κ3) is 3.67. The molecule has 1 aromatic carbocycles. The van der Waals surface area contributed by atoms with E-state index in [1.54, 1.807) is 4.90 Å². The fourth-order valence-electron chi connectivity index (χ4n) is 4.10. The largest absolute Gasteiger partial charge is 0.334 e. The van der Waals surface area contributed by atoms with Gasteiger partial charge in [-0.25, -0.2) is 13.4 Å². The quantitative estimate of drug-likeness (QED) is 0.604. The van der Waals surface area contributed by atoms with E-state index in [4.69, 9.17) is 0 Å². The van der Waals surface area contributed by atoms with Crippen LogP contribution in [0, 0.1) is 0 Å². The molecule has 2 fully saturated rings. The van der Waals surface area contributed by atoms with Crippen molar-refractivity contribution in [3.63, 3.8) is 0 Å². The van der Waals surface area contributed by atoms with Gasteiger partial charge in [-0.15, -0.1) is 11.3 Å². The maximum absolute atomic E-state index is 13.1. The van der Waals surface area contributed by atoms with Gasteiger partial charge in [0.2, 0.25) is 5.91 Å². The Balaban J connectivity index is 1.42. The van der Waals surface area contributed by atoms with Gasteiger partial charge in [-0.2, -0.15) is 0 Å². The molecule has 1 saturated carbocycles. The number of carbonyl (C=O) groups is 1. The Labute approximate surface area is 177 Å². The number of amides is 1. The topological polar surface area (TPSA) is 89.3 Å². The lowest BCUT2D eigenvalue weighted by molar-refractivity contribution is -0.134. The lowest BCUT2D eigenvalue weighted by Crippen LogP contribution is -2.45. The van der Waals surface area contributed by atoms with Crippen LogP contribution in [0.5, 0.6) is 0 Å². The Morgan fingerprint density at radius 2 is 1.93 bits per heavy atom. The van der Waals surface area contributed by atoms with E-state index in [2.05, 4.69) is 4.98 Å². The molecule has 1 atom stereocenters. The van der Waals surface area contributed by atoms with E-state index in [1.165, 1.54) is 22.2 Å². The van der Waals surface area contributed by atoms with E-state index in [0.717, 1.165) is 23.3 Å². The van der Waals surface area contributed by atoms with Crippen LogP contribution in [0.3, 0.4) is 0 Å². The van der Waals surface area contributed by atoms with Gasteiger partial charge in [-0.05, 0) is 30.9 Å². The first kappa shape index (κ1) is 19.4. The number of fused-ring (bicyclic) bond motifs is 1. The number of nitrogens with zero attached hydrogens (tertiary/aromatic N) is 3. The Kier molecular flexibility index (Phi) is 4.74. The van der Waals surface area contributed by atoms with Crippen molar-refractivity contribution in [3.05, 3.63) is 53.1 Å². The molecule has 1 aliphatic carbocycles. The predicted octanol–water partition coefficient (Wildman–Crippen LogP) is 2.30. The summed E-state index contributed by atoms with van der Waals surface area (Å²) in [4.78, 5) is 33.8. The average Bonchev–Trinajstić information content (AvgIpc) is 3.34. The Morgan fingerprint density at radius 1 is 1.17 bits per heavy atom. The van der Waals surface area contributed by atoms with Crippen molar-refractivity contribution < 1.29 is 13.2 Å². The van der Waals surface area contributed by atoms with Crippen LogP contribution in [0.1, 0.15) is 19.3 Å². The Hall–Kier alpha value is -2.52. The summed E-state index contributed by atoms with van der Waals surface area (Å²) >= 11 is 1.45. The second-order valence-corrected chi connectivity index (χ2v) is 11.2. The SMILES string of the molecule is O=C(Cn1cnc2sc(-c3ccccc3)cc2c1=O)N(C1CC1)C1CCS(=O)(=O)C1. The van der Waals surface area contributed by atoms with Crippen LogP contribution in [0.25, 0.3) is 20.7 Å². The summed E-state index contributed by atoms with van der Waals surface area (Å²) < 4.78 is 25.1. The van der Waals surface area contributed by atoms with Crippen molar-refractivity contribution in [1.29, 1.82) is 0 Å². The normalized spacial score (nSPS) is 20.5. The van der Waals surface area contributed by atoms with Crippen molar-refractivity contribution in [2.24, 2.45) is 0 Å². The summed E-state index contributed by atoms with van der Waals surface area (Å²) in [5.74, 6) is -0.0630. The molecule has 2 aliphatic rings. The zero-order valence-corrected chi connectivity index (χ0v) is 17.9. The zero-order valence-electron chi connectivity index (χ0n) is 16.2. The first-order valence-electron chi connectivity index (χ1n) is 9.97. The van der Waals surface area contributed by atoms with Crippen molar-refractivity contribution in [2.45, 2.75) is 37.9 Å². The molecular formula is C21H21N3O4S2. The van der Waals surface area contributed by atoms with Crippen molar-refractivity contribution in [3.8, 4) is 10.4 Å². The van der Waals surface area contributed by atoms with Gasteiger partial charge in [0, 0.05) is 17.0 Å². The summed E-state index contributed by atoms with van der Waals surface area (Å²) in [6.45, 7) is -0.120. The highest BCUT2D eigenvalue weighted by molar-refractivity contribution is 7.91. The smallest absolute Gasteiger partial charge is 0.262 e. The second kappa shape index (κ2) is 7.31. The predicted molar refractivity (Wildman–Crippen MR) is 116 cm³/mol. The highest BCUT2D eigenvalue weighted by Crippen LogP contribution is 2.33. The lowest BCUT2D eigenvalue weighted by Gasteiger charge is -2.28. The molecular weight excluding hydrogens is 422 g/mol. The van der Waals surface area contributed by atoms with Gasteiger partial charge in [0.05, 0.1) is 23.2 Å². The molecule has 0 N–H and O–H groups in total. The Bertz CT molecular complexity index is 1280. The first-order valence-corrected chi connectivity index (χ1v) is 12.6. The molecule has 1 unspecified atom stereocenters. The third-order valence-corrected chi connectivity index (χ3v) is 8.55. The minimum Gasteiger partial charge on any atom is -0.334 e. The molecule has 5 rings (SSSR count). The van der Waals surface area contributed by atoms with Gasteiger partial charge in [0.25, 0.3) is 5.56 Å². The second-order valence-electron chi connectivity index (χ2n) is 7.96. The summed E-state index contributed by atoms with van der Waals surface area (Å²) in [6, 6.07) is 11.4. The number of aromatic nitrogens is 2. The lowest BCUT2D eigenvalue weighted by atomic mass is 10.2. The highest BCUT2D eigenvalue weighted by atomic mass is 32.2. The van der Waals surface area contributed by atoms with Gasteiger partial charge >= 0.3 is 0 Å². The van der Waals surface area contributed by atoms with Crippen LogP contribution < -0.4 is 5.56 Å². The maximum Gasteiger partial charge on any atom is 0.262 e. The van der Waals surface area contributed by atoms with Crippen LogP contribution in [0.15, 0.2) is 47.5 Å². The van der Waals surface area contributed by atoms with E-state index in [-0.39, 0.29) is 41.6 Å². The minimum absolute atomic E-state index is 0.0202. The number of thiophene rings is 1. The molecule has 0 radical (unpaired) electrons. The van der Waals surface area contributed by atoms with Gasteiger partial charge in [0.1, 0.15) is 11.4 Å². The Morgan fingerprint density at radius 3 is 2.60 bits per heavy atom. The van der Waals surface area contributed by atoms with Crippen LogP contribution in [-0.2, 0) is 21.2 Å². The molecule has 156 valence electrons. The van der Waals surface area contributed by atoms with E-state index in [1.807, 2.05) is 36.4 Å². The third-order valence-electron chi connectivity index (χ3n) is 5.71. The van der Waals surface area contributed by atoms with Crippen LogP contribution >= 0.6 is 11.3 Å². The molecule has 1 amide bonds. The molecule has 0 bridgehead atoms. The van der Waals surface area contributed by atoms with Gasteiger partial charge in [-0.1, -0.05) is 30.3 Å². The molecule has 2 aromatic heterocycles. The van der Waals surface area contributed by atoms with E-state index < -0.39 is 9.84 Å². The fraction of sp³-hybridized carbons (Fsp3) is 0.381. The number of benzene rings is 1. The van der Waals surface area contributed by atoms with E-state index >= 15 is 0 Å². The van der Waals surface area contributed by atoms with Crippen LogP contribution in [-0.4, -0.2) is 52.4 Å². The first-order chi connectivity index (χ1) is 14.4. The molecule has 3 heterocycles. The molecule has 3 aromatic rings. The summed E-state index contributed by atoms with van der Waals surface area (Å²) in [6.07, 6.45) is 3.67. The number of carbonyl (C=O) groups excluding carboxylic acids is 1. The van der Waals surface area contributed by atoms with Crippen molar-refractivity contribution >= 4 is 37.3 Å². The number of rotatable bonds is 5. The van der Waals surface area contributed by atoms with Gasteiger partial charge in [-0.3, -0.25) is 14.2 Å². The summed E-state index contributed by atoms with van der Waals surface area (Å²) in [5, 5.41) is 0.496. The zero-order chi connectivity index (χ0) is 20.9. The molecule has 9 heteroatoms. The van der Waals surface area contributed by atoms with Gasteiger partial charge < -0.3 is 4.90 Å². The molecule has 30 heavy (non-hydrogen) atoms. The summed E-state index contributed by atoms with van der Waals surface area (Å²) in [7, 11) is -3.09. The van der Waals surface area contributed by atoms with Crippen LogP contribution in [0.2, 0.25) is 0 Å². The molecule has 1 aliphatic heterocycles. The highest BCUT2D eigenvalue weighted by Gasteiger charge is 2.42. The fourth-order valence-corrected chi connectivity index (χ4v) is 6.80. The monoisotopic (exact) mass is 443 g/mol. The molecule has 7 nitrogen and oxygen atoms in total.